The van der Waals surface area contributed by atoms with Gasteiger partial charge in [0, 0.05) is 17.4 Å². The van der Waals surface area contributed by atoms with Gasteiger partial charge in [0.1, 0.15) is 0 Å². The van der Waals surface area contributed by atoms with E-state index in [1.54, 1.807) is 0 Å². The van der Waals surface area contributed by atoms with Crippen LogP contribution in [0, 0.1) is 5.92 Å². The summed E-state index contributed by atoms with van der Waals surface area (Å²) in [4.78, 5) is 12.1. The molecule has 120 valence electrons. The van der Waals surface area contributed by atoms with Gasteiger partial charge in [-0.25, -0.2) is 0 Å². The molecule has 0 amide bonds. The minimum absolute atomic E-state index is 0.0704. The van der Waals surface area contributed by atoms with Gasteiger partial charge in [0.05, 0.1) is 18.8 Å². The second kappa shape index (κ2) is 6.88. The maximum atomic E-state index is 12.1. The monoisotopic (exact) mass is 338 g/mol. The van der Waals surface area contributed by atoms with Crippen molar-refractivity contribution in [2.45, 2.75) is 38.4 Å². The number of benzene rings is 1. The normalized spacial score (nSPS) is 22.0. The van der Waals surface area contributed by atoms with E-state index in [0.717, 1.165) is 17.7 Å². The van der Waals surface area contributed by atoms with E-state index in [4.69, 9.17) is 20.8 Å². The van der Waals surface area contributed by atoms with Crippen molar-refractivity contribution in [3.8, 4) is 0 Å². The quantitative estimate of drug-likeness (QED) is 0.587. The van der Waals surface area contributed by atoms with Gasteiger partial charge in [-0.15, -0.1) is 0 Å². The van der Waals surface area contributed by atoms with E-state index in [-0.39, 0.29) is 17.8 Å². The topological polar surface area (TPSA) is 35.5 Å². The predicted octanol–water partition coefficient (Wildman–Crippen LogP) is 4.74. The molecule has 2 rings (SSSR count). The maximum absolute atomic E-state index is 12.1. The van der Waals surface area contributed by atoms with Crippen molar-refractivity contribution in [1.29, 1.82) is 0 Å². The zero-order chi connectivity index (χ0) is 16.3. The minimum atomic E-state index is -1.65. The van der Waals surface area contributed by atoms with E-state index in [0.29, 0.717) is 11.4 Å². The Morgan fingerprint density at radius 3 is 2.41 bits per heavy atom. The fourth-order valence-electron chi connectivity index (χ4n) is 2.81. The molecule has 22 heavy (non-hydrogen) atoms. The predicted molar refractivity (Wildman–Crippen MR) is 91.4 cm³/mol. The first-order valence-corrected chi connectivity index (χ1v) is 11.3. The highest BCUT2D eigenvalue weighted by atomic mass is 35.5. The molecule has 1 aliphatic carbocycles. The van der Waals surface area contributed by atoms with Gasteiger partial charge in [-0.1, -0.05) is 23.7 Å². The van der Waals surface area contributed by atoms with Crippen molar-refractivity contribution in [2.75, 3.05) is 7.11 Å². The van der Waals surface area contributed by atoms with E-state index in [1.807, 2.05) is 30.3 Å². The van der Waals surface area contributed by atoms with E-state index >= 15 is 0 Å². The summed E-state index contributed by atoms with van der Waals surface area (Å²) in [6.45, 7) is 6.49. The lowest BCUT2D eigenvalue weighted by molar-refractivity contribution is -0.146. The highest BCUT2D eigenvalue weighted by Gasteiger charge is 2.35. The summed E-state index contributed by atoms with van der Waals surface area (Å²) < 4.78 is 11.1. The molecule has 0 saturated heterocycles. The van der Waals surface area contributed by atoms with Crippen LogP contribution in [0.5, 0.6) is 0 Å². The number of rotatable bonds is 4. The van der Waals surface area contributed by atoms with Crippen molar-refractivity contribution >= 4 is 25.9 Å². The molecule has 0 bridgehead atoms. The minimum Gasteiger partial charge on any atom is -0.548 e. The third-order valence-corrected chi connectivity index (χ3v) is 4.87. The molecular weight excluding hydrogens is 316 g/mol. The Bertz CT molecular complexity index is 560. The number of carbonyl (C=O) groups excluding carboxylic acids is 1. The molecule has 3 nitrogen and oxygen atoms in total. The van der Waals surface area contributed by atoms with Gasteiger partial charge in [0.2, 0.25) is 8.32 Å². The molecule has 1 aromatic carbocycles. The van der Waals surface area contributed by atoms with Crippen molar-refractivity contribution in [3.05, 3.63) is 46.7 Å². The molecule has 1 aromatic rings. The maximum Gasteiger partial charge on any atom is 0.309 e. The first-order valence-electron chi connectivity index (χ1n) is 7.51. The van der Waals surface area contributed by atoms with Gasteiger partial charge < -0.3 is 9.16 Å². The molecule has 0 aliphatic heterocycles. The van der Waals surface area contributed by atoms with E-state index in [9.17, 15) is 4.79 Å². The number of halogens is 1. The Balaban J connectivity index is 2.27. The van der Waals surface area contributed by atoms with Crippen LogP contribution in [0.25, 0.3) is 0 Å². The third-order valence-electron chi connectivity index (χ3n) is 3.75. The summed E-state index contributed by atoms with van der Waals surface area (Å²) in [5, 5.41) is 0.697. The van der Waals surface area contributed by atoms with Crippen molar-refractivity contribution in [2.24, 2.45) is 5.92 Å². The molecule has 0 unspecified atom stereocenters. The molecule has 0 aromatic heterocycles. The first kappa shape index (κ1) is 17.1. The lowest BCUT2D eigenvalue weighted by Gasteiger charge is -2.32. The van der Waals surface area contributed by atoms with E-state index in [1.165, 1.54) is 7.11 Å². The standard InChI is InChI=1S/C17H23ClO3Si/c1-20-17(19)15-10-9-14(21-22(2,3)4)11-16(15)12-5-7-13(18)8-6-12/h5-9,15-16H,10-11H2,1-4H3/t15-,16+/m1/s1. The summed E-state index contributed by atoms with van der Waals surface area (Å²) >= 11 is 5.97. The number of methoxy groups -OCH3 is 1. The summed E-state index contributed by atoms with van der Waals surface area (Å²) in [7, 11) is -0.204. The largest absolute Gasteiger partial charge is 0.548 e. The van der Waals surface area contributed by atoms with Crippen molar-refractivity contribution < 1.29 is 14.0 Å². The number of allylic oxidation sites excluding steroid dienone is 2. The zero-order valence-corrected chi connectivity index (χ0v) is 15.3. The Hall–Kier alpha value is -1.26. The van der Waals surface area contributed by atoms with Crippen LogP contribution in [0.2, 0.25) is 24.7 Å². The van der Waals surface area contributed by atoms with Crippen molar-refractivity contribution in [3.63, 3.8) is 0 Å². The number of esters is 1. The molecule has 1 aliphatic rings. The van der Waals surface area contributed by atoms with Crippen LogP contribution >= 0.6 is 11.6 Å². The number of ether oxygens (including phenoxy) is 1. The molecular formula is C17H23ClO3Si. The average molecular weight is 339 g/mol. The molecule has 0 fully saturated rings. The van der Waals surface area contributed by atoms with E-state index < -0.39 is 8.32 Å². The van der Waals surface area contributed by atoms with Crippen molar-refractivity contribution in [1.82, 2.24) is 0 Å². The van der Waals surface area contributed by atoms with Gasteiger partial charge in [-0.2, -0.15) is 0 Å². The zero-order valence-electron chi connectivity index (χ0n) is 13.6. The second-order valence-corrected chi connectivity index (χ2v) is 11.5. The molecule has 0 radical (unpaired) electrons. The Kier molecular flexibility index (Phi) is 5.35. The number of hydrogen-bond acceptors (Lipinski definition) is 3. The van der Waals surface area contributed by atoms with Gasteiger partial charge in [0.15, 0.2) is 0 Å². The average Bonchev–Trinajstić information content (AvgIpc) is 2.45. The second-order valence-electron chi connectivity index (χ2n) is 6.61. The number of carbonyl (C=O) groups is 1. The number of hydrogen-bond donors (Lipinski definition) is 0. The summed E-state index contributed by atoms with van der Waals surface area (Å²) in [5.74, 6) is 0.740. The van der Waals surface area contributed by atoms with Gasteiger partial charge in [-0.3, -0.25) is 4.79 Å². The van der Waals surface area contributed by atoms with Crippen LogP contribution in [0.4, 0.5) is 0 Å². The lowest BCUT2D eigenvalue weighted by atomic mass is 9.78. The highest BCUT2D eigenvalue weighted by Crippen LogP contribution is 2.39. The van der Waals surface area contributed by atoms with Crippen LogP contribution in [0.3, 0.4) is 0 Å². The third kappa shape index (κ3) is 4.37. The van der Waals surface area contributed by atoms with Crippen LogP contribution < -0.4 is 0 Å². The van der Waals surface area contributed by atoms with Crippen LogP contribution in [0.1, 0.15) is 24.3 Å². The molecule has 0 spiro atoms. The molecule has 0 heterocycles. The molecule has 2 atom stereocenters. The molecule has 0 saturated carbocycles. The summed E-state index contributed by atoms with van der Waals surface area (Å²) in [5.41, 5.74) is 1.10. The van der Waals surface area contributed by atoms with Gasteiger partial charge in [-0.05, 0) is 49.8 Å². The fourth-order valence-corrected chi connectivity index (χ4v) is 3.89. The summed E-state index contributed by atoms with van der Waals surface area (Å²) in [6, 6.07) is 7.70. The van der Waals surface area contributed by atoms with Gasteiger partial charge >= 0.3 is 5.97 Å². The molecule has 5 heteroatoms. The van der Waals surface area contributed by atoms with Gasteiger partial charge in [0.25, 0.3) is 0 Å². The summed E-state index contributed by atoms with van der Waals surface area (Å²) in [6.07, 6.45) is 3.43. The fraction of sp³-hybridized carbons (Fsp3) is 0.471. The van der Waals surface area contributed by atoms with Crippen LogP contribution in [0.15, 0.2) is 36.1 Å². The lowest BCUT2D eigenvalue weighted by Crippen LogP contribution is -2.30. The highest BCUT2D eigenvalue weighted by molar-refractivity contribution is 6.70. The molecule has 0 N–H and O–H groups in total. The van der Waals surface area contributed by atoms with Crippen LogP contribution in [-0.4, -0.2) is 21.4 Å². The van der Waals surface area contributed by atoms with Crippen LogP contribution in [-0.2, 0) is 14.0 Å². The first-order chi connectivity index (χ1) is 10.3. The smallest absolute Gasteiger partial charge is 0.309 e. The Morgan fingerprint density at radius 2 is 1.86 bits per heavy atom. The SMILES string of the molecule is COC(=O)[C@@H]1CC=C(O[Si](C)(C)C)C[C@H]1c1ccc(Cl)cc1. The van der Waals surface area contributed by atoms with E-state index in [2.05, 4.69) is 19.6 Å². The Morgan fingerprint density at radius 1 is 1.23 bits per heavy atom. The Labute approximate surface area is 138 Å².